The average molecular weight is 238 g/mol. The lowest BCUT2D eigenvalue weighted by molar-refractivity contribution is 0.467. The van der Waals surface area contributed by atoms with E-state index in [0.29, 0.717) is 10.8 Å². The fourth-order valence-electron chi connectivity index (χ4n) is 2.26. The fraction of sp³-hybridized carbons (Fsp3) is 0. The van der Waals surface area contributed by atoms with Crippen molar-refractivity contribution in [2.75, 3.05) is 0 Å². The van der Waals surface area contributed by atoms with E-state index in [1.54, 1.807) is 24.3 Å². The van der Waals surface area contributed by atoms with Gasteiger partial charge in [-0.2, -0.15) is 0 Å². The lowest BCUT2D eigenvalue weighted by Gasteiger charge is -2.18. The number of nitrogens with one attached hydrogen (secondary N) is 2. The van der Waals surface area contributed by atoms with E-state index in [4.69, 9.17) is 10.8 Å². The van der Waals surface area contributed by atoms with Gasteiger partial charge in [0.1, 0.15) is 11.5 Å². The Labute approximate surface area is 103 Å². The van der Waals surface area contributed by atoms with Crippen LogP contribution < -0.4 is 0 Å². The molecule has 0 saturated heterocycles. The highest BCUT2D eigenvalue weighted by Crippen LogP contribution is 2.41. The highest BCUT2D eigenvalue weighted by Gasteiger charge is 2.25. The first kappa shape index (κ1) is 10.5. The zero-order chi connectivity index (χ0) is 12.9. The van der Waals surface area contributed by atoms with Crippen molar-refractivity contribution < 1.29 is 10.2 Å². The molecular weight excluding hydrogens is 228 g/mol. The molecule has 4 heteroatoms. The van der Waals surface area contributed by atoms with E-state index in [-0.39, 0.29) is 34.0 Å². The molecule has 0 amide bonds. The molecule has 0 radical (unpaired) electrons. The summed E-state index contributed by atoms with van der Waals surface area (Å²) in [4.78, 5) is 0. The normalized spacial score (nSPS) is 14.0. The number of hydrogen-bond acceptors (Lipinski definition) is 4. The summed E-state index contributed by atoms with van der Waals surface area (Å²) in [7, 11) is 0. The van der Waals surface area contributed by atoms with Gasteiger partial charge < -0.3 is 21.0 Å². The van der Waals surface area contributed by atoms with Crippen molar-refractivity contribution in [3.8, 4) is 11.5 Å². The first-order valence-electron chi connectivity index (χ1n) is 5.44. The smallest absolute Gasteiger partial charge is 0.133 e. The van der Waals surface area contributed by atoms with Crippen LogP contribution in [0.15, 0.2) is 36.4 Å². The van der Waals surface area contributed by atoms with Crippen molar-refractivity contribution in [1.29, 1.82) is 10.8 Å². The van der Waals surface area contributed by atoms with Gasteiger partial charge in [0.15, 0.2) is 0 Å². The van der Waals surface area contributed by atoms with Gasteiger partial charge in [-0.15, -0.1) is 0 Å². The van der Waals surface area contributed by atoms with E-state index >= 15 is 0 Å². The second kappa shape index (κ2) is 3.43. The number of hydrogen-bond donors (Lipinski definition) is 4. The number of fused-ring (bicyclic) bond motifs is 2. The van der Waals surface area contributed by atoms with Crippen LogP contribution in [0.2, 0.25) is 0 Å². The highest BCUT2D eigenvalue weighted by molar-refractivity contribution is 6.28. The largest absolute Gasteiger partial charge is 0.507 e. The third-order valence-electron chi connectivity index (χ3n) is 3.12. The highest BCUT2D eigenvalue weighted by atomic mass is 16.3. The number of rotatable bonds is 0. The first-order valence-corrected chi connectivity index (χ1v) is 5.44. The lowest BCUT2D eigenvalue weighted by Crippen LogP contribution is -2.12. The number of aromatic hydroxyl groups is 2. The van der Waals surface area contributed by atoms with Crippen molar-refractivity contribution in [1.82, 2.24) is 0 Å². The van der Waals surface area contributed by atoms with Crippen molar-refractivity contribution in [2.24, 2.45) is 0 Å². The molecule has 4 nitrogen and oxygen atoms in total. The Morgan fingerprint density at radius 2 is 1.11 bits per heavy atom. The molecule has 0 fully saturated rings. The predicted octanol–water partition coefficient (Wildman–Crippen LogP) is 2.56. The maximum absolute atomic E-state index is 10.2. The van der Waals surface area contributed by atoms with Gasteiger partial charge in [0.25, 0.3) is 0 Å². The molecule has 0 unspecified atom stereocenters. The second-order valence-electron chi connectivity index (χ2n) is 4.15. The van der Waals surface area contributed by atoms with E-state index in [1.165, 1.54) is 12.2 Å². The van der Waals surface area contributed by atoms with Crippen molar-refractivity contribution in [2.45, 2.75) is 0 Å². The molecule has 2 aromatic rings. The Kier molecular flexibility index (Phi) is 2.01. The lowest BCUT2D eigenvalue weighted by atomic mass is 9.88. The Morgan fingerprint density at radius 3 is 1.50 bits per heavy atom. The Morgan fingerprint density at radius 1 is 0.722 bits per heavy atom. The first-order chi connectivity index (χ1) is 8.61. The summed E-state index contributed by atoms with van der Waals surface area (Å²) in [5.41, 5.74) is 0.636. The van der Waals surface area contributed by atoms with Gasteiger partial charge in [0.05, 0.1) is 22.6 Å². The third kappa shape index (κ3) is 1.20. The van der Waals surface area contributed by atoms with Crippen molar-refractivity contribution in [3.63, 3.8) is 0 Å². The minimum atomic E-state index is -0.0579. The van der Waals surface area contributed by atoms with Crippen LogP contribution in [0, 0.1) is 10.8 Å². The Bertz CT molecular complexity index is 683. The van der Waals surface area contributed by atoms with Crippen LogP contribution >= 0.6 is 0 Å². The molecule has 0 aliphatic heterocycles. The van der Waals surface area contributed by atoms with Crippen molar-refractivity contribution in [3.05, 3.63) is 47.5 Å². The van der Waals surface area contributed by atoms with E-state index < -0.39 is 0 Å². The number of benzene rings is 2. The summed E-state index contributed by atoms with van der Waals surface area (Å²) in [6, 6.07) is 6.86. The summed E-state index contributed by atoms with van der Waals surface area (Å²) in [6.45, 7) is 0. The van der Waals surface area contributed by atoms with Gasteiger partial charge in [-0.3, -0.25) is 0 Å². The summed E-state index contributed by atoms with van der Waals surface area (Å²) < 4.78 is 0. The van der Waals surface area contributed by atoms with E-state index in [2.05, 4.69) is 0 Å². The molecule has 0 bridgehead atoms. The van der Waals surface area contributed by atoms with Gasteiger partial charge in [0, 0.05) is 10.8 Å². The topological polar surface area (TPSA) is 88.2 Å². The molecule has 1 aliphatic rings. The quantitative estimate of drug-likeness (QED) is 0.531. The maximum atomic E-state index is 10.2. The number of phenols is 2. The van der Waals surface area contributed by atoms with E-state index in [0.717, 1.165) is 0 Å². The molecular formula is C14H10N2O2. The van der Waals surface area contributed by atoms with Gasteiger partial charge in [-0.25, -0.2) is 0 Å². The van der Waals surface area contributed by atoms with Crippen LogP contribution in [0.3, 0.4) is 0 Å². The molecule has 0 saturated carbocycles. The molecule has 1 aliphatic carbocycles. The van der Waals surface area contributed by atoms with Crippen LogP contribution in [0.1, 0.15) is 11.1 Å². The predicted molar refractivity (Wildman–Crippen MR) is 70.1 cm³/mol. The molecule has 3 rings (SSSR count). The molecule has 88 valence electrons. The fourth-order valence-corrected chi connectivity index (χ4v) is 2.26. The van der Waals surface area contributed by atoms with Gasteiger partial charge >= 0.3 is 0 Å². The van der Waals surface area contributed by atoms with Crippen LogP contribution in [0.4, 0.5) is 0 Å². The zero-order valence-electron chi connectivity index (χ0n) is 9.36. The summed E-state index contributed by atoms with van der Waals surface area (Å²) in [6.07, 6.45) is 2.89. The summed E-state index contributed by atoms with van der Waals surface area (Å²) in [5, 5.41) is 37.1. The van der Waals surface area contributed by atoms with Crippen LogP contribution in [-0.4, -0.2) is 21.6 Å². The third-order valence-corrected chi connectivity index (χ3v) is 3.12. The van der Waals surface area contributed by atoms with Crippen LogP contribution in [0.25, 0.3) is 10.8 Å². The van der Waals surface area contributed by atoms with Gasteiger partial charge in [-0.05, 0) is 12.2 Å². The number of allylic oxidation sites excluding steroid dienone is 2. The Hall–Kier alpha value is -2.62. The van der Waals surface area contributed by atoms with E-state index in [1.807, 2.05) is 0 Å². The standard InChI is InChI=1S/C14H10N2O2/c15-9-5-6-10(16)12-11(9)13(17)7-3-1-2-4-8(7)14(12)18/h1-6,15-18H. The number of phenolic OH excluding ortho intramolecular Hbond substituents is 2. The van der Waals surface area contributed by atoms with Crippen molar-refractivity contribution >= 4 is 22.2 Å². The molecule has 0 spiro atoms. The summed E-state index contributed by atoms with van der Waals surface area (Å²) >= 11 is 0. The minimum absolute atomic E-state index is 0.0579. The zero-order valence-corrected chi connectivity index (χ0v) is 9.36. The maximum Gasteiger partial charge on any atom is 0.133 e. The molecule has 18 heavy (non-hydrogen) atoms. The van der Waals surface area contributed by atoms with Gasteiger partial charge in [0.2, 0.25) is 0 Å². The monoisotopic (exact) mass is 238 g/mol. The molecule has 4 N–H and O–H groups in total. The molecule has 0 heterocycles. The van der Waals surface area contributed by atoms with Gasteiger partial charge in [-0.1, -0.05) is 24.3 Å². The summed E-state index contributed by atoms with van der Waals surface area (Å²) in [5.74, 6) is -0.116. The van der Waals surface area contributed by atoms with Crippen LogP contribution in [0.5, 0.6) is 11.5 Å². The minimum Gasteiger partial charge on any atom is -0.507 e. The average Bonchev–Trinajstić information content (AvgIpc) is 2.38. The second-order valence-corrected chi connectivity index (χ2v) is 4.15. The Balaban J connectivity index is 2.56. The van der Waals surface area contributed by atoms with Crippen LogP contribution in [-0.2, 0) is 0 Å². The van der Waals surface area contributed by atoms with E-state index in [9.17, 15) is 10.2 Å². The molecule has 0 atom stereocenters. The SMILES string of the molecule is N=C1C=CC(=N)c2c1c(O)c1ccccc1c2O. The molecule has 0 aromatic heterocycles. The molecule has 2 aromatic carbocycles.